The first-order valence-electron chi connectivity index (χ1n) is 15.2. The highest BCUT2D eigenvalue weighted by Gasteiger charge is 2.53. The van der Waals surface area contributed by atoms with Crippen molar-refractivity contribution in [3.05, 3.63) is 82.0 Å². The predicted molar refractivity (Wildman–Crippen MR) is 169 cm³/mol. The average Bonchev–Trinajstić information content (AvgIpc) is 3.52. The van der Waals surface area contributed by atoms with E-state index in [9.17, 15) is 24.4 Å². The van der Waals surface area contributed by atoms with Crippen LogP contribution in [-0.4, -0.2) is 69.9 Å². The Balaban J connectivity index is 1.39. The van der Waals surface area contributed by atoms with Gasteiger partial charge in [-0.05, 0) is 23.8 Å². The molecule has 0 bridgehead atoms. The van der Waals surface area contributed by atoms with Gasteiger partial charge in [0, 0.05) is 44.3 Å². The molecule has 2 aromatic carbocycles. The first-order valence-corrected chi connectivity index (χ1v) is 15.5. The van der Waals surface area contributed by atoms with E-state index in [-0.39, 0.29) is 18.1 Å². The van der Waals surface area contributed by atoms with Crippen molar-refractivity contribution in [1.82, 2.24) is 15.0 Å². The molecule has 0 aliphatic carbocycles. The van der Waals surface area contributed by atoms with Crippen LogP contribution in [-0.2, 0) is 49.5 Å². The first-order chi connectivity index (χ1) is 23.8. The van der Waals surface area contributed by atoms with Crippen LogP contribution < -0.4 is 15.2 Å². The van der Waals surface area contributed by atoms with Crippen molar-refractivity contribution in [2.45, 2.75) is 70.9 Å². The number of ether oxygens (including phenoxy) is 7. The van der Waals surface area contributed by atoms with Gasteiger partial charge < -0.3 is 38.9 Å². The lowest BCUT2D eigenvalue weighted by Gasteiger charge is -2.44. The van der Waals surface area contributed by atoms with Crippen LogP contribution in [0.15, 0.2) is 60.1 Å². The van der Waals surface area contributed by atoms with Crippen LogP contribution >= 0.6 is 11.6 Å². The largest absolute Gasteiger partial charge is 0.487 e. The number of nitriles is 1. The zero-order chi connectivity index (χ0) is 36.1. The Morgan fingerprint density at radius 2 is 1.66 bits per heavy atom. The summed E-state index contributed by atoms with van der Waals surface area (Å²) >= 11 is 6.23. The van der Waals surface area contributed by atoms with E-state index in [1.165, 1.54) is 17.8 Å². The molecule has 1 aromatic heterocycles. The number of hydrogen-bond donors (Lipinski definition) is 1. The lowest BCUT2D eigenvalue weighted by molar-refractivity contribution is -0.270. The van der Waals surface area contributed by atoms with Crippen molar-refractivity contribution in [3.63, 3.8) is 0 Å². The second-order valence-electron chi connectivity index (χ2n) is 11.2. The third kappa shape index (κ3) is 8.13. The van der Waals surface area contributed by atoms with Crippen LogP contribution in [0.1, 0.15) is 56.7 Å². The highest BCUT2D eigenvalue weighted by Crippen LogP contribution is 2.44. The summed E-state index contributed by atoms with van der Waals surface area (Å²) in [5.74, 6) is -2.72. The molecule has 1 fully saturated rings. The summed E-state index contributed by atoms with van der Waals surface area (Å²) < 4.78 is 40.6. The number of esters is 4. The number of nitrogens with zero attached hydrogens (tertiary/aromatic N) is 4. The third-order valence-electron chi connectivity index (χ3n) is 7.54. The SMILES string of the molecule is CC(=O)OC[C@H]1O[C@@H](n2cc(COc3ccc4c(c3)OC(N)=C(C#N)C4c3cccc(Cl)c3)nn2)[C@H](OC(C)=O)[C@@H](OC(C)=O)[C@@H]1OC(C)=O. The minimum Gasteiger partial charge on any atom is -0.487 e. The Morgan fingerprint density at radius 1 is 0.960 bits per heavy atom. The van der Waals surface area contributed by atoms with Crippen molar-refractivity contribution in [3.8, 4) is 17.6 Å². The number of halogens is 1. The van der Waals surface area contributed by atoms with Gasteiger partial charge in [0.25, 0.3) is 0 Å². The second-order valence-corrected chi connectivity index (χ2v) is 11.7. The van der Waals surface area contributed by atoms with E-state index in [2.05, 4.69) is 16.4 Å². The lowest BCUT2D eigenvalue weighted by atomic mass is 9.83. The topological polar surface area (TPSA) is 213 Å². The van der Waals surface area contributed by atoms with Gasteiger partial charge in [0.15, 0.2) is 24.5 Å². The number of aromatic nitrogens is 3. The van der Waals surface area contributed by atoms with Gasteiger partial charge >= 0.3 is 23.9 Å². The zero-order valence-corrected chi connectivity index (χ0v) is 28.0. The summed E-state index contributed by atoms with van der Waals surface area (Å²) in [6.45, 7) is 4.08. The Kier molecular flexibility index (Phi) is 10.9. The van der Waals surface area contributed by atoms with E-state index in [0.717, 1.165) is 26.3 Å². The van der Waals surface area contributed by atoms with E-state index < -0.39 is 67.0 Å². The van der Waals surface area contributed by atoms with Crippen LogP contribution in [0.4, 0.5) is 0 Å². The number of allylic oxidation sites excluding steroid dienone is 1. The molecule has 2 aliphatic rings. The molecule has 262 valence electrons. The number of benzene rings is 2. The molecule has 0 saturated carbocycles. The Labute approximate surface area is 290 Å². The number of carbonyl (C=O) groups is 4. The maximum Gasteiger partial charge on any atom is 0.303 e. The molecular formula is C33H32ClN5O11. The van der Waals surface area contributed by atoms with Crippen LogP contribution in [0.2, 0.25) is 5.02 Å². The Morgan fingerprint density at radius 3 is 2.32 bits per heavy atom. The molecule has 16 nitrogen and oxygen atoms in total. The van der Waals surface area contributed by atoms with Crippen LogP contribution in [0.5, 0.6) is 11.5 Å². The molecular weight excluding hydrogens is 678 g/mol. The number of nitrogens with two attached hydrogens (primary N) is 1. The molecule has 3 heterocycles. The van der Waals surface area contributed by atoms with Gasteiger partial charge in [-0.15, -0.1) is 5.10 Å². The van der Waals surface area contributed by atoms with Crippen LogP contribution in [0.25, 0.3) is 0 Å². The summed E-state index contributed by atoms with van der Waals surface area (Å²) in [5.41, 5.74) is 8.12. The van der Waals surface area contributed by atoms with Crippen molar-refractivity contribution in [1.29, 1.82) is 5.26 Å². The van der Waals surface area contributed by atoms with Gasteiger partial charge in [-0.3, -0.25) is 19.2 Å². The zero-order valence-electron chi connectivity index (χ0n) is 27.2. The number of carbonyl (C=O) groups excluding carboxylic acids is 4. The summed E-state index contributed by atoms with van der Waals surface area (Å²) in [7, 11) is 0. The van der Waals surface area contributed by atoms with Crippen LogP contribution in [0, 0.1) is 11.3 Å². The highest BCUT2D eigenvalue weighted by molar-refractivity contribution is 6.30. The quantitative estimate of drug-likeness (QED) is 0.237. The molecule has 1 unspecified atom stereocenters. The van der Waals surface area contributed by atoms with E-state index in [1.54, 1.807) is 36.4 Å². The molecule has 0 radical (unpaired) electrons. The van der Waals surface area contributed by atoms with Gasteiger partial charge in [-0.1, -0.05) is 35.0 Å². The summed E-state index contributed by atoms with van der Waals surface area (Å²) in [5, 5.41) is 18.6. The minimum atomic E-state index is -1.38. The summed E-state index contributed by atoms with van der Waals surface area (Å²) in [4.78, 5) is 48.0. The fourth-order valence-corrected chi connectivity index (χ4v) is 5.83. The average molecular weight is 710 g/mol. The van der Waals surface area contributed by atoms with E-state index >= 15 is 0 Å². The van der Waals surface area contributed by atoms with E-state index in [4.69, 9.17) is 50.5 Å². The van der Waals surface area contributed by atoms with Crippen molar-refractivity contribution in [2.75, 3.05) is 6.61 Å². The molecule has 6 atom stereocenters. The maximum atomic E-state index is 12.2. The normalized spacial score (nSPS) is 22.6. The summed E-state index contributed by atoms with van der Waals surface area (Å²) in [6.07, 6.45) is -5.06. The monoisotopic (exact) mass is 709 g/mol. The second kappa shape index (κ2) is 15.3. The third-order valence-corrected chi connectivity index (χ3v) is 7.78. The minimum absolute atomic E-state index is 0.0464. The van der Waals surface area contributed by atoms with Gasteiger partial charge in [0.2, 0.25) is 5.88 Å². The summed E-state index contributed by atoms with van der Waals surface area (Å²) in [6, 6.07) is 14.3. The van der Waals surface area contributed by atoms with E-state index in [0.29, 0.717) is 27.8 Å². The van der Waals surface area contributed by atoms with Gasteiger partial charge in [0.05, 0.1) is 12.1 Å². The predicted octanol–water partition coefficient (Wildman–Crippen LogP) is 2.98. The van der Waals surface area contributed by atoms with Crippen LogP contribution in [0.3, 0.4) is 0 Å². The van der Waals surface area contributed by atoms with Gasteiger partial charge in [0.1, 0.15) is 48.2 Å². The van der Waals surface area contributed by atoms with Gasteiger partial charge in [-0.2, -0.15) is 5.26 Å². The molecule has 1 saturated heterocycles. The maximum absolute atomic E-state index is 12.2. The first kappa shape index (κ1) is 35.6. The molecule has 2 N–H and O–H groups in total. The van der Waals surface area contributed by atoms with Crippen molar-refractivity contribution in [2.24, 2.45) is 5.73 Å². The standard InChI is InChI=1S/C33H32ClN5O11/c1-16(40)44-15-27-29(46-17(2)41)30(47-18(3)42)31(48-19(4)43)33(50-27)39-13-22(37-38-39)14-45-23-8-9-24-26(11-23)49-32(36)25(12-35)28(24)20-6-5-7-21(34)10-20/h5-11,13,27-31,33H,14-15,36H2,1-4H3/t27-,28?,29-,30+,31-,33-/m1/s1. The van der Waals surface area contributed by atoms with E-state index in [1.807, 2.05) is 6.07 Å². The Hall–Kier alpha value is -5.66. The fraction of sp³-hybridized carbons (Fsp3) is 0.364. The molecule has 17 heteroatoms. The van der Waals surface area contributed by atoms with Crippen molar-refractivity contribution < 1.29 is 52.3 Å². The lowest BCUT2D eigenvalue weighted by Crippen LogP contribution is -2.60. The highest BCUT2D eigenvalue weighted by atomic mass is 35.5. The number of hydrogen-bond acceptors (Lipinski definition) is 15. The fourth-order valence-electron chi connectivity index (χ4n) is 5.63. The molecule has 2 aliphatic heterocycles. The molecule has 5 rings (SSSR count). The molecule has 0 amide bonds. The Bertz CT molecular complexity index is 1870. The molecule has 50 heavy (non-hydrogen) atoms. The molecule has 3 aromatic rings. The number of rotatable bonds is 10. The van der Waals surface area contributed by atoms with Crippen molar-refractivity contribution >= 4 is 35.5 Å². The smallest absolute Gasteiger partial charge is 0.303 e. The number of fused-ring (bicyclic) bond motifs is 1. The van der Waals surface area contributed by atoms with Gasteiger partial charge in [-0.25, -0.2) is 4.68 Å². The molecule has 0 spiro atoms.